The minimum atomic E-state index is -0.309. The van der Waals surface area contributed by atoms with Crippen LogP contribution in [0.3, 0.4) is 0 Å². The fourth-order valence-corrected chi connectivity index (χ4v) is 4.03. The van der Waals surface area contributed by atoms with E-state index in [9.17, 15) is 9.59 Å². The first-order valence-corrected chi connectivity index (χ1v) is 9.73. The van der Waals surface area contributed by atoms with Gasteiger partial charge in [0.2, 0.25) is 0 Å². The Bertz CT molecular complexity index is 946. The Kier molecular flexibility index (Phi) is 5.42. The predicted octanol–water partition coefficient (Wildman–Crippen LogP) is 4.74. The van der Waals surface area contributed by atoms with Gasteiger partial charge < -0.3 is 4.74 Å². The molecule has 0 unspecified atom stereocenters. The van der Waals surface area contributed by atoms with Crippen molar-refractivity contribution in [2.24, 2.45) is 0 Å². The van der Waals surface area contributed by atoms with Crippen molar-refractivity contribution in [1.82, 2.24) is 0 Å². The van der Waals surface area contributed by atoms with Crippen LogP contribution < -0.4 is 9.64 Å². The number of methoxy groups -OCH3 is 1. The van der Waals surface area contributed by atoms with Crippen molar-refractivity contribution in [3.63, 3.8) is 0 Å². The quantitative estimate of drug-likeness (QED) is 0.702. The minimum absolute atomic E-state index is 0.177. The van der Waals surface area contributed by atoms with E-state index >= 15 is 0 Å². The number of ether oxygens (including phenoxy) is 1. The van der Waals surface area contributed by atoms with E-state index in [-0.39, 0.29) is 17.1 Å². The van der Waals surface area contributed by atoms with E-state index < -0.39 is 0 Å². The molecule has 0 bridgehead atoms. The van der Waals surface area contributed by atoms with Crippen LogP contribution in [-0.4, -0.2) is 24.2 Å². The summed E-state index contributed by atoms with van der Waals surface area (Å²) in [4.78, 5) is 28.3. The van der Waals surface area contributed by atoms with Gasteiger partial charge in [0.25, 0.3) is 11.8 Å². The average molecular weight is 381 g/mol. The number of carbonyl (C=O) groups excluding carboxylic acids is 2. The molecule has 0 saturated carbocycles. The molecule has 0 atom stereocenters. The second kappa shape index (κ2) is 7.61. The monoisotopic (exact) mass is 381 g/mol. The maximum absolute atomic E-state index is 13.4. The number of aryl methyl sites for hydroxylation is 2. The van der Waals surface area contributed by atoms with Crippen molar-refractivity contribution in [2.45, 2.75) is 32.9 Å². The fourth-order valence-electron chi connectivity index (χ4n) is 3.04. The zero-order valence-electron chi connectivity index (χ0n) is 16.2. The van der Waals surface area contributed by atoms with Crippen LogP contribution in [0.1, 0.15) is 30.5 Å². The van der Waals surface area contributed by atoms with Crippen molar-refractivity contribution in [2.75, 3.05) is 12.0 Å². The zero-order chi connectivity index (χ0) is 19.7. The molecule has 2 aromatic rings. The van der Waals surface area contributed by atoms with Gasteiger partial charge in [-0.1, -0.05) is 44.2 Å². The lowest BCUT2D eigenvalue weighted by molar-refractivity contribution is -0.119. The molecule has 2 aromatic carbocycles. The fraction of sp³-hybridized carbons (Fsp3) is 0.273. The molecular formula is C22H23NO3S. The maximum Gasteiger partial charge on any atom is 0.272 e. The summed E-state index contributed by atoms with van der Waals surface area (Å²) in [5, 5.41) is 0.177. The molecule has 0 aliphatic carbocycles. The first-order valence-electron chi connectivity index (χ1n) is 8.85. The molecular weight excluding hydrogens is 358 g/mol. The Morgan fingerprint density at radius 2 is 1.67 bits per heavy atom. The van der Waals surface area contributed by atoms with Crippen molar-refractivity contribution in [3.05, 3.63) is 64.1 Å². The number of anilines is 1. The zero-order valence-corrected chi connectivity index (χ0v) is 17.0. The standard InChI is InChI=1S/C22H23NO3S/c1-13(2)27-20-19(16-11-10-14(3)15(4)12-16)21(24)23(22(20)25)17-8-6-7-9-18(17)26-5/h6-13H,1-5H3. The smallest absolute Gasteiger partial charge is 0.272 e. The van der Waals surface area contributed by atoms with Crippen LogP contribution in [0, 0.1) is 13.8 Å². The van der Waals surface area contributed by atoms with Gasteiger partial charge in [-0.2, -0.15) is 0 Å². The predicted molar refractivity (Wildman–Crippen MR) is 111 cm³/mol. The number of carbonyl (C=O) groups is 2. The van der Waals surface area contributed by atoms with Crippen LogP contribution in [-0.2, 0) is 9.59 Å². The highest BCUT2D eigenvalue weighted by atomic mass is 32.2. The Morgan fingerprint density at radius 3 is 2.30 bits per heavy atom. The molecule has 140 valence electrons. The number of para-hydroxylation sites is 2. The molecule has 0 aromatic heterocycles. The third-order valence-corrected chi connectivity index (χ3v) is 5.60. The van der Waals surface area contributed by atoms with Gasteiger partial charge >= 0.3 is 0 Å². The van der Waals surface area contributed by atoms with Crippen molar-refractivity contribution < 1.29 is 14.3 Å². The molecule has 0 radical (unpaired) electrons. The number of amides is 2. The number of hydrogen-bond donors (Lipinski definition) is 0. The molecule has 2 amide bonds. The number of imide groups is 1. The molecule has 0 saturated heterocycles. The number of benzene rings is 2. The molecule has 27 heavy (non-hydrogen) atoms. The number of nitrogens with zero attached hydrogens (tertiary/aromatic N) is 1. The Balaban J connectivity index is 2.16. The van der Waals surface area contributed by atoms with Gasteiger partial charge in [-0.25, -0.2) is 4.90 Å². The highest BCUT2D eigenvalue weighted by Gasteiger charge is 2.41. The van der Waals surface area contributed by atoms with Gasteiger partial charge in [0.05, 0.1) is 23.3 Å². The van der Waals surface area contributed by atoms with Crippen LogP contribution in [0.2, 0.25) is 0 Å². The van der Waals surface area contributed by atoms with Crippen molar-refractivity contribution >= 4 is 34.8 Å². The number of rotatable bonds is 5. The summed E-state index contributed by atoms with van der Waals surface area (Å²) in [5.41, 5.74) is 3.95. The van der Waals surface area contributed by atoms with Crippen LogP contribution >= 0.6 is 11.8 Å². The lowest BCUT2D eigenvalue weighted by atomic mass is 10.0. The van der Waals surface area contributed by atoms with Crippen molar-refractivity contribution in [1.29, 1.82) is 0 Å². The number of thioether (sulfide) groups is 1. The summed E-state index contributed by atoms with van der Waals surface area (Å²) < 4.78 is 5.38. The van der Waals surface area contributed by atoms with Gasteiger partial charge in [-0.15, -0.1) is 11.8 Å². The normalized spacial score (nSPS) is 14.5. The summed E-state index contributed by atoms with van der Waals surface area (Å²) in [5.74, 6) is -0.109. The first kappa shape index (κ1) is 19.2. The second-order valence-corrected chi connectivity index (χ2v) is 8.37. The summed E-state index contributed by atoms with van der Waals surface area (Å²) in [7, 11) is 1.53. The Morgan fingerprint density at radius 1 is 0.963 bits per heavy atom. The van der Waals surface area contributed by atoms with E-state index in [1.807, 2.05) is 52.0 Å². The Hall–Kier alpha value is -2.53. The van der Waals surface area contributed by atoms with E-state index in [1.165, 1.54) is 23.8 Å². The van der Waals surface area contributed by atoms with E-state index in [4.69, 9.17) is 4.74 Å². The Labute approximate surface area is 164 Å². The largest absolute Gasteiger partial charge is 0.495 e. The molecule has 3 rings (SSSR count). The second-order valence-electron chi connectivity index (χ2n) is 6.79. The summed E-state index contributed by atoms with van der Waals surface area (Å²) in [6.45, 7) is 8.06. The van der Waals surface area contributed by atoms with Crippen LogP contribution in [0.4, 0.5) is 5.69 Å². The minimum Gasteiger partial charge on any atom is -0.495 e. The van der Waals surface area contributed by atoms with Gasteiger partial charge in [0.1, 0.15) is 5.75 Å². The highest BCUT2D eigenvalue weighted by Crippen LogP contribution is 2.42. The van der Waals surface area contributed by atoms with Crippen LogP contribution in [0.15, 0.2) is 47.4 Å². The molecule has 5 heteroatoms. The SMILES string of the molecule is COc1ccccc1N1C(=O)C(SC(C)C)=C(c2ccc(C)c(C)c2)C1=O. The van der Waals surface area contributed by atoms with E-state index in [2.05, 4.69) is 0 Å². The summed E-state index contributed by atoms with van der Waals surface area (Å²) in [6, 6.07) is 13.0. The van der Waals surface area contributed by atoms with E-state index in [1.54, 1.807) is 18.2 Å². The van der Waals surface area contributed by atoms with Crippen molar-refractivity contribution in [3.8, 4) is 5.75 Å². The van der Waals surface area contributed by atoms with Gasteiger partial charge in [-0.05, 0) is 42.7 Å². The lowest BCUT2D eigenvalue weighted by Gasteiger charge is -2.18. The molecule has 4 nitrogen and oxygen atoms in total. The van der Waals surface area contributed by atoms with Crippen LogP contribution in [0.25, 0.3) is 5.57 Å². The van der Waals surface area contributed by atoms with Crippen LogP contribution in [0.5, 0.6) is 5.75 Å². The lowest BCUT2D eigenvalue weighted by Crippen LogP contribution is -2.31. The molecule has 1 aliphatic rings. The third kappa shape index (κ3) is 3.52. The summed E-state index contributed by atoms with van der Waals surface area (Å²) in [6.07, 6.45) is 0. The first-order chi connectivity index (χ1) is 12.8. The molecule has 0 N–H and O–H groups in total. The number of hydrogen-bond acceptors (Lipinski definition) is 4. The summed E-state index contributed by atoms with van der Waals surface area (Å²) >= 11 is 1.43. The van der Waals surface area contributed by atoms with Gasteiger partial charge in [0.15, 0.2) is 0 Å². The van der Waals surface area contributed by atoms with Gasteiger partial charge in [-0.3, -0.25) is 9.59 Å². The molecule has 0 spiro atoms. The highest BCUT2D eigenvalue weighted by molar-refractivity contribution is 8.04. The molecule has 0 fully saturated rings. The van der Waals surface area contributed by atoms with E-state index in [0.29, 0.717) is 21.9 Å². The van der Waals surface area contributed by atoms with Gasteiger partial charge in [0, 0.05) is 5.25 Å². The topological polar surface area (TPSA) is 46.6 Å². The third-order valence-electron chi connectivity index (χ3n) is 4.52. The van der Waals surface area contributed by atoms with E-state index in [0.717, 1.165) is 16.7 Å². The maximum atomic E-state index is 13.4. The molecule has 1 aliphatic heterocycles. The average Bonchev–Trinajstić information content (AvgIpc) is 2.87. The molecule has 1 heterocycles.